The lowest BCUT2D eigenvalue weighted by Gasteiger charge is -1.91. The van der Waals surface area contributed by atoms with Crippen molar-refractivity contribution in [1.29, 1.82) is 0 Å². The van der Waals surface area contributed by atoms with Gasteiger partial charge in [-0.05, 0) is 0 Å². The van der Waals surface area contributed by atoms with Crippen molar-refractivity contribution in [3.05, 3.63) is 22.5 Å². The van der Waals surface area contributed by atoms with Gasteiger partial charge in [0, 0.05) is 10.8 Å². The molecule has 0 spiro atoms. The van der Waals surface area contributed by atoms with E-state index >= 15 is 0 Å². The van der Waals surface area contributed by atoms with Crippen LogP contribution in [0.2, 0.25) is 0 Å². The van der Waals surface area contributed by atoms with Crippen molar-refractivity contribution in [2.24, 2.45) is 0 Å². The quantitative estimate of drug-likeness (QED) is 0.730. The van der Waals surface area contributed by atoms with E-state index in [0.717, 1.165) is 22.0 Å². The number of anilines is 1. The number of H-pyrrole nitrogens is 1. The third kappa shape index (κ3) is 1.50. The van der Waals surface area contributed by atoms with Gasteiger partial charge in [0.15, 0.2) is 0 Å². The number of hydrogen-bond donors (Lipinski definition) is 2. The zero-order chi connectivity index (χ0) is 11.0. The molecule has 3 aromatic heterocycles. The highest BCUT2D eigenvalue weighted by atomic mass is 32.1. The van der Waals surface area contributed by atoms with Crippen LogP contribution < -0.4 is 5.73 Å². The molecule has 3 heterocycles. The first-order valence-corrected chi connectivity index (χ1v) is 6.30. The SMILES string of the molecule is Nc1[nH]ncc1-c1nc(-c2cscn2)cs1. The van der Waals surface area contributed by atoms with Crippen molar-refractivity contribution in [3.63, 3.8) is 0 Å². The Morgan fingerprint density at radius 1 is 1.25 bits per heavy atom. The van der Waals surface area contributed by atoms with E-state index in [2.05, 4.69) is 20.2 Å². The second-order valence-corrected chi connectivity index (χ2v) is 4.69. The Hall–Kier alpha value is -1.73. The third-order valence-corrected chi connectivity index (χ3v) is 3.56. The maximum Gasteiger partial charge on any atom is 0.129 e. The van der Waals surface area contributed by atoms with Gasteiger partial charge in [-0.3, -0.25) is 5.10 Å². The van der Waals surface area contributed by atoms with Gasteiger partial charge in [-0.2, -0.15) is 5.10 Å². The van der Waals surface area contributed by atoms with E-state index in [-0.39, 0.29) is 0 Å². The van der Waals surface area contributed by atoms with E-state index in [1.165, 1.54) is 11.3 Å². The monoisotopic (exact) mass is 249 g/mol. The van der Waals surface area contributed by atoms with Crippen LogP contribution in [0.5, 0.6) is 0 Å². The van der Waals surface area contributed by atoms with E-state index in [4.69, 9.17) is 5.73 Å². The fraction of sp³-hybridized carbons (Fsp3) is 0. The average Bonchev–Trinajstić information content (AvgIpc) is 2.96. The van der Waals surface area contributed by atoms with Gasteiger partial charge in [0.25, 0.3) is 0 Å². The number of nitrogens with two attached hydrogens (primary N) is 1. The first kappa shape index (κ1) is 9.49. The van der Waals surface area contributed by atoms with Crippen LogP contribution in [0.25, 0.3) is 22.0 Å². The molecule has 3 aromatic rings. The van der Waals surface area contributed by atoms with Crippen LogP contribution in [0.4, 0.5) is 5.82 Å². The van der Waals surface area contributed by atoms with E-state index in [1.54, 1.807) is 23.0 Å². The first-order valence-electron chi connectivity index (χ1n) is 4.48. The molecule has 0 radical (unpaired) electrons. The van der Waals surface area contributed by atoms with Gasteiger partial charge in [0.1, 0.15) is 22.2 Å². The summed E-state index contributed by atoms with van der Waals surface area (Å²) in [5.41, 5.74) is 10.1. The number of nitrogens with one attached hydrogen (secondary N) is 1. The molecule has 5 nitrogen and oxygen atoms in total. The molecule has 7 heteroatoms. The molecular weight excluding hydrogens is 242 g/mol. The van der Waals surface area contributed by atoms with Gasteiger partial charge in [-0.1, -0.05) is 0 Å². The van der Waals surface area contributed by atoms with Crippen molar-refractivity contribution in [2.75, 3.05) is 5.73 Å². The lowest BCUT2D eigenvalue weighted by atomic mass is 10.3. The highest BCUT2D eigenvalue weighted by molar-refractivity contribution is 7.13. The van der Waals surface area contributed by atoms with Gasteiger partial charge in [0.05, 0.1) is 17.3 Å². The van der Waals surface area contributed by atoms with Gasteiger partial charge in [-0.25, -0.2) is 9.97 Å². The minimum Gasteiger partial charge on any atom is -0.383 e. The van der Waals surface area contributed by atoms with Gasteiger partial charge in [0.2, 0.25) is 0 Å². The molecule has 0 atom stereocenters. The highest BCUT2D eigenvalue weighted by Gasteiger charge is 2.11. The Bertz CT molecular complexity index is 595. The van der Waals surface area contributed by atoms with Crippen LogP contribution in [-0.2, 0) is 0 Å². The minimum absolute atomic E-state index is 0.541. The van der Waals surface area contributed by atoms with E-state index in [0.29, 0.717) is 5.82 Å². The van der Waals surface area contributed by atoms with Crippen molar-refractivity contribution in [1.82, 2.24) is 20.2 Å². The fourth-order valence-electron chi connectivity index (χ4n) is 1.32. The predicted octanol–water partition coefficient (Wildman–Crippen LogP) is 2.24. The van der Waals surface area contributed by atoms with Crippen LogP contribution in [-0.4, -0.2) is 20.2 Å². The number of aromatic amines is 1. The molecule has 16 heavy (non-hydrogen) atoms. The molecule has 0 amide bonds. The second kappa shape index (κ2) is 3.69. The number of nitrogens with zero attached hydrogens (tertiary/aromatic N) is 3. The first-order chi connectivity index (χ1) is 7.84. The molecule has 80 valence electrons. The molecule has 3 N–H and O–H groups in total. The van der Waals surface area contributed by atoms with Crippen LogP contribution in [0, 0.1) is 0 Å². The second-order valence-electron chi connectivity index (χ2n) is 3.11. The fourth-order valence-corrected chi connectivity index (χ4v) is 2.70. The molecule has 0 aliphatic heterocycles. The molecule has 0 aliphatic rings. The molecule has 0 saturated carbocycles. The molecule has 0 bridgehead atoms. The Morgan fingerprint density at radius 3 is 2.88 bits per heavy atom. The van der Waals surface area contributed by atoms with Gasteiger partial charge < -0.3 is 5.73 Å². The molecule has 0 aromatic carbocycles. The number of rotatable bonds is 2. The maximum atomic E-state index is 5.74. The van der Waals surface area contributed by atoms with Crippen LogP contribution >= 0.6 is 22.7 Å². The molecule has 3 rings (SSSR count). The Morgan fingerprint density at radius 2 is 2.19 bits per heavy atom. The van der Waals surface area contributed by atoms with Gasteiger partial charge >= 0.3 is 0 Å². The standard InChI is InChI=1S/C9H7N5S2/c10-8-5(1-12-14-8)9-13-7(3-16-9)6-2-15-4-11-6/h1-4H,(H3,10,12,14). The molecule has 0 unspecified atom stereocenters. The Labute approximate surface area is 99.0 Å². The maximum absolute atomic E-state index is 5.74. The van der Waals surface area contributed by atoms with E-state index in [1.807, 2.05) is 10.8 Å². The third-order valence-electron chi connectivity index (χ3n) is 2.10. The molecule has 0 aliphatic carbocycles. The molecular formula is C9H7N5S2. The zero-order valence-electron chi connectivity index (χ0n) is 8.04. The largest absolute Gasteiger partial charge is 0.383 e. The van der Waals surface area contributed by atoms with Crippen molar-refractivity contribution >= 4 is 28.5 Å². The summed E-state index contributed by atoms with van der Waals surface area (Å²) in [5, 5.41) is 11.4. The van der Waals surface area contributed by atoms with E-state index in [9.17, 15) is 0 Å². The Kier molecular flexibility index (Phi) is 2.19. The Balaban J connectivity index is 2.03. The summed E-state index contributed by atoms with van der Waals surface area (Å²) >= 11 is 3.09. The number of nitrogen functional groups attached to an aromatic ring is 1. The minimum atomic E-state index is 0.541. The number of thiazole rings is 2. The normalized spacial score (nSPS) is 10.8. The lowest BCUT2D eigenvalue weighted by molar-refractivity contribution is 1.10. The number of aromatic nitrogens is 4. The topological polar surface area (TPSA) is 80.5 Å². The summed E-state index contributed by atoms with van der Waals surface area (Å²) in [6.45, 7) is 0. The summed E-state index contributed by atoms with van der Waals surface area (Å²) in [5.74, 6) is 0.541. The lowest BCUT2D eigenvalue weighted by Crippen LogP contribution is -1.87. The molecule has 0 fully saturated rings. The van der Waals surface area contributed by atoms with Crippen LogP contribution in [0.15, 0.2) is 22.5 Å². The predicted molar refractivity (Wildman–Crippen MR) is 65.2 cm³/mol. The summed E-state index contributed by atoms with van der Waals surface area (Å²) in [6, 6.07) is 0. The van der Waals surface area contributed by atoms with Crippen molar-refractivity contribution in [3.8, 4) is 22.0 Å². The summed E-state index contributed by atoms with van der Waals surface area (Å²) in [4.78, 5) is 8.69. The highest BCUT2D eigenvalue weighted by Crippen LogP contribution is 2.30. The summed E-state index contributed by atoms with van der Waals surface area (Å²) in [7, 11) is 0. The zero-order valence-corrected chi connectivity index (χ0v) is 9.68. The smallest absolute Gasteiger partial charge is 0.129 e. The van der Waals surface area contributed by atoms with Crippen molar-refractivity contribution in [2.45, 2.75) is 0 Å². The number of hydrogen-bond acceptors (Lipinski definition) is 6. The van der Waals surface area contributed by atoms with Crippen LogP contribution in [0.1, 0.15) is 0 Å². The van der Waals surface area contributed by atoms with Crippen LogP contribution in [0.3, 0.4) is 0 Å². The summed E-state index contributed by atoms with van der Waals surface area (Å²) < 4.78 is 0. The van der Waals surface area contributed by atoms with Crippen molar-refractivity contribution < 1.29 is 0 Å². The average molecular weight is 249 g/mol. The molecule has 0 saturated heterocycles. The summed E-state index contributed by atoms with van der Waals surface area (Å²) in [6.07, 6.45) is 1.68. The van der Waals surface area contributed by atoms with Gasteiger partial charge in [-0.15, -0.1) is 22.7 Å². The van der Waals surface area contributed by atoms with E-state index < -0.39 is 0 Å².